The van der Waals surface area contributed by atoms with Gasteiger partial charge in [0.15, 0.2) is 5.69 Å². The number of likely N-dealkylation sites (tertiary alicyclic amines) is 2. The van der Waals surface area contributed by atoms with E-state index in [2.05, 4.69) is 10.3 Å². The number of amides is 2. The maximum Gasteiger partial charge on any atom is 0.276 e. The van der Waals surface area contributed by atoms with E-state index in [1.165, 1.54) is 0 Å². The standard InChI is InChI=1S/C19H23N5O3/c1-27-16-6-4-5-14(9-16)10-18(25)23-11-15(12-23)24-13-17(20-21-24)19(26)22-7-2-3-8-22/h4-6,9,13,15H,2-3,7-8,10-12H2,1H3. The minimum atomic E-state index is -0.0518. The van der Waals surface area contributed by atoms with E-state index < -0.39 is 0 Å². The molecule has 3 heterocycles. The van der Waals surface area contributed by atoms with Gasteiger partial charge in [-0.05, 0) is 30.5 Å². The number of methoxy groups -OCH3 is 1. The Labute approximate surface area is 157 Å². The molecule has 2 aliphatic rings. The quantitative estimate of drug-likeness (QED) is 0.790. The number of hydrogen-bond acceptors (Lipinski definition) is 5. The largest absolute Gasteiger partial charge is 0.497 e. The van der Waals surface area contributed by atoms with Gasteiger partial charge in [0.25, 0.3) is 5.91 Å². The molecule has 0 saturated carbocycles. The molecule has 0 spiro atoms. The molecular weight excluding hydrogens is 346 g/mol. The second-order valence-corrected chi connectivity index (χ2v) is 7.06. The Hall–Kier alpha value is -2.90. The molecule has 2 saturated heterocycles. The Kier molecular flexibility index (Phi) is 4.79. The molecule has 142 valence electrons. The second kappa shape index (κ2) is 7.38. The maximum absolute atomic E-state index is 12.4. The molecule has 2 fully saturated rings. The highest BCUT2D eigenvalue weighted by atomic mass is 16.5. The SMILES string of the molecule is COc1cccc(CC(=O)N2CC(n3cc(C(=O)N4CCCC4)nn3)C2)c1. The Balaban J connectivity index is 1.31. The minimum Gasteiger partial charge on any atom is -0.497 e. The molecule has 8 nitrogen and oxygen atoms in total. The average Bonchev–Trinajstić information content (AvgIpc) is 3.32. The number of carbonyl (C=O) groups is 2. The van der Waals surface area contributed by atoms with E-state index in [0.717, 1.165) is 37.2 Å². The van der Waals surface area contributed by atoms with Crippen LogP contribution in [0.25, 0.3) is 0 Å². The van der Waals surface area contributed by atoms with Crippen LogP contribution in [0.4, 0.5) is 0 Å². The number of benzene rings is 1. The summed E-state index contributed by atoms with van der Waals surface area (Å²) in [6.07, 6.45) is 4.15. The lowest BCUT2D eigenvalue weighted by Gasteiger charge is -2.39. The smallest absolute Gasteiger partial charge is 0.276 e. The molecule has 2 aliphatic heterocycles. The van der Waals surface area contributed by atoms with Gasteiger partial charge in [0, 0.05) is 26.2 Å². The zero-order valence-electron chi connectivity index (χ0n) is 15.4. The molecule has 0 aliphatic carbocycles. The molecule has 2 amide bonds. The number of ether oxygens (including phenoxy) is 1. The predicted molar refractivity (Wildman–Crippen MR) is 97.5 cm³/mol. The third-order valence-electron chi connectivity index (χ3n) is 5.20. The molecule has 0 radical (unpaired) electrons. The van der Waals surface area contributed by atoms with E-state index >= 15 is 0 Å². The van der Waals surface area contributed by atoms with E-state index in [9.17, 15) is 9.59 Å². The number of aromatic nitrogens is 3. The van der Waals surface area contributed by atoms with Crippen molar-refractivity contribution in [1.29, 1.82) is 0 Å². The fourth-order valence-corrected chi connectivity index (χ4v) is 3.53. The Bertz CT molecular complexity index is 837. The number of carbonyl (C=O) groups excluding carboxylic acids is 2. The number of rotatable bonds is 5. The van der Waals surface area contributed by atoms with Crippen LogP contribution in [0.5, 0.6) is 5.75 Å². The van der Waals surface area contributed by atoms with Gasteiger partial charge >= 0.3 is 0 Å². The molecular formula is C19H23N5O3. The molecule has 27 heavy (non-hydrogen) atoms. The van der Waals surface area contributed by atoms with Crippen molar-refractivity contribution in [3.05, 3.63) is 41.7 Å². The summed E-state index contributed by atoms with van der Waals surface area (Å²) in [6.45, 7) is 2.76. The molecule has 8 heteroatoms. The summed E-state index contributed by atoms with van der Waals surface area (Å²) in [5.41, 5.74) is 1.32. The van der Waals surface area contributed by atoms with Crippen LogP contribution in [0.2, 0.25) is 0 Å². The molecule has 1 aromatic carbocycles. The molecule has 0 bridgehead atoms. The van der Waals surface area contributed by atoms with Crippen molar-refractivity contribution < 1.29 is 14.3 Å². The van der Waals surface area contributed by atoms with E-state index in [4.69, 9.17) is 4.74 Å². The van der Waals surface area contributed by atoms with Crippen molar-refractivity contribution in [3.63, 3.8) is 0 Å². The van der Waals surface area contributed by atoms with Gasteiger partial charge in [0.05, 0.1) is 25.8 Å². The van der Waals surface area contributed by atoms with Gasteiger partial charge in [-0.15, -0.1) is 5.10 Å². The van der Waals surface area contributed by atoms with Crippen LogP contribution in [-0.2, 0) is 11.2 Å². The van der Waals surface area contributed by atoms with Gasteiger partial charge in [-0.1, -0.05) is 17.3 Å². The first kappa shape index (κ1) is 17.5. The summed E-state index contributed by atoms with van der Waals surface area (Å²) in [5.74, 6) is 0.775. The normalized spacial score (nSPS) is 17.1. The maximum atomic E-state index is 12.4. The van der Waals surface area contributed by atoms with Gasteiger partial charge in [-0.2, -0.15) is 0 Å². The molecule has 4 rings (SSSR count). The zero-order chi connectivity index (χ0) is 18.8. The highest BCUT2D eigenvalue weighted by Crippen LogP contribution is 2.22. The van der Waals surface area contributed by atoms with Crippen molar-refractivity contribution >= 4 is 11.8 Å². The monoisotopic (exact) mass is 369 g/mol. The first-order valence-corrected chi connectivity index (χ1v) is 9.26. The lowest BCUT2D eigenvalue weighted by Crippen LogP contribution is -2.51. The summed E-state index contributed by atoms with van der Waals surface area (Å²) in [6, 6.07) is 7.62. The van der Waals surface area contributed by atoms with Gasteiger partial charge in [-0.25, -0.2) is 4.68 Å². The second-order valence-electron chi connectivity index (χ2n) is 7.06. The van der Waals surface area contributed by atoms with Crippen molar-refractivity contribution in [2.75, 3.05) is 33.3 Å². The van der Waals surface area contributed by atoms with E-state index in [-0.39, 0.29) is 17.9 Å². The zero-order valence-corrected chi connectivity index (χ0v) is 15.4. The minimum absolute atomic E-state index is 0.0518. The van der Waals surface area contributed by atoms with Crippen LogP contribution in [0, 0.1) is 0 Å². The van der Waals surface area contributed by atoms with Crippen LogP contribution in [0.3, 0.4) is 0 Å². The van der Waals surface area contributed by atoms with Gasteiger partial charge < -0.3 is 14.5 Å². The van der Waals surface area contributed by atoms with Crippen LogP contribution in [-0.4, -0.2) is 69.9 Å². The first-order chi connectivity index (χ1) is 13.1. The molecule has 0 N–H and O–H groups in total. The molecule has 0 unspecified atom stereocenters. The molecule has 1 aromatic heterocycles. The molecule has 0 atom stereocenters. The fraction of sp³-hybridized carbons (Fsp3) is 0.474. The lowest BCUT2D eigenvalue weighted by atomic mass is 10.1. The Morgan fingerprint density at radius 2 is 1.96 bits per heavy atom. The van der Waals surface area contributed by atoms with Crippen LogP contribution in [0.1, 0.15) is 34.9 Å². The van der Waals surface area contributed by atoms with Crippen LogP contribution < -0.4 is 4.74 Å². The Morgan fingerprint density at radius 1 is 1.19 bits per heavy atom. The number of hydrogen-bond donors (Lipinski definition) is 0. The fourth-order valence-electron chi connectivity index (χ4n) is 3.53. The summed E-state index contributed by atoms with van der Waals surface area (Å²) in [7, 11) is 1.61. The molecule has 2 aromatic rings. The van der Waals surface area contributed by atoms with Crippen molar-refractivity contribution in [2.45, 2.75) is 25.3 Å². The summed E-state index contributed by atoms with van der Waals surface area (Å²) < 4.78 is 6.90. The van der Waals surface area contributed by atoms with Crippen LogP contribution in [0.15, 0.2) is 30.5 Å². The first-order valence-electron chi connectivity index (χ1n) is 9.26. The lowest BCUT2D eigenvalue weighted by molar-refractivity contribution is -0.136. The summed E-state index contributed by atoms with van der Waals surface area (Å²) in [4.78, 5) is 28.4. The van der Waals surface area contributed by atoms with Gasteiger partial charge in [0.2, 0.25) is 5.91 Å². The third kappa shape index (κ3) is 3.65. The Morgan fingerprint density at radius 3 is 2.70 bits per heavy atom. The summed E-state index contributed by atoms with van der Waals surface area (Å²) in [5, 5.41) is 8.12. The van der Waals surface area contributed by atoms with Gasteiger partial charge in [-0.3, -0.25) is 9.59 Å². The van der Waals surface area contributed by atoms with Gasteiger partial charge in [0.1, 0.15) is 5.75 Å². The number of nitrogens with zero attached hydrogens (tertiary/aromatic N) is 5. The van der Waals surface area contributed by atoms with E-state index in [1.54, 1.807) is 22.9 Å². The topological polar surface area (TPSA) is 80.6 Å². The average molecular weight is 369 g/mol. The van der Waals surface area contributed by atoms with Crippen LogP contribution >= 0.6 is 0 Å². The van der Waals surface area contributed by atoms with E-state index in [0.29, 0.717) is 25.2 Å². The highest BCUT2D eigenvalue weighted by Gasteiger charge is 2.33. The third-order valence-corrected chi connectivity index (χ3v) is 5.20. The van der Waals surface area contributed by atoms with Crippen molar-refractivity contribution in [3.8, 4) is 5.75 Å². The highest BCUT2D eigenvalue weighted by molar-refractivity contribution is 5.92. The van der Waals surface area contributed by atoms with Crippen molar-refractivity contribution in [2.24, 2.45) is 0 Å². The van der Waals surface area contributed by atoms with E-state index in [1.807, 2.05) is 29.2 Å². The predicted octanol–water partition coefficient (Wildman–Crippen LogP) is 1.15. The summed E-state index contributed by atoms with van der Waals surface area (Å²) >= 11 is 0. The van der Waals surface area contributed by atoms with Crippen molar-refractivity contribution in [1.82, 2.24) is 24.8 Å².